The second-order valence-corrected chi connectivity index (χ2v) is 9.13. The van der Waals surface area contributed by atoms with E-state index in [0.717, 1.165) is 6.42 Å². The number of ether oxygens (including phenoxy) is 3. The van der Waals surface area contributed by atoms with Crippen LogP contribution in [0.2, 0.25) is 0 Å². The Balaban J connectivity index is 1.42. The molecule has 192 valence electrons. The number of anilines is 2. The van der Waals surface area contributed by atoms with Crippen molar-refractivity contribution in [1.29, 1.82) is 0 Å². The number of benzene rings is 2. The van der Waals surface area contributed by atoms with Crippen LogP contribution < -0.4 is 20.1 Å². The highest BCUT2D eigenvalue weighted by atomic mass is 16.5. The summed E-state index contributed by atoms with van der Waals surface area (Å²) in [5, 5.41) is 5.72. The molecule has 0 aliphatic carbocycles. The van der Waals surface area contributed by atoms with E-state index in [0.29, 0.717) is 47.7 Å². The lowest BCUT2D eigenvalue weighted by Crippen LogP contribution is -2.53. The first-order chi connectivity index (χ1) is 17.4. The highest BCUT2D eigenvalue weighted by molar-refractivity contribution is 5.99. The van der Waals surface area contributed by atoms with Crippen molar-refractivity contribution in [2.45, 2.75) is 57.3 Å². The average Bonchev–Trinajstić information content (AvgIpc) is 2.87. The van der Waals surface area contributed by atoms with Gasteiger partial charge in [0.1, 0.15) is 24.2 Å². The monoisotopic (exact) mass is 495 g/mol. The minimum Gasteiger partial charge on any atom is -0.495 e. The van der Waals surface area contributed by atoms with Gasteiger partial charge in [-0.2, -0.15) is 0 Å². The van der Waals surface area contributed by atoms with E-state index in [9.17, 15) is 14.4 Å². The third kappa shape index (κ3) is 5.79. The molecule has 1 fully saturated rings. The van der Waals surface area contributed by atoms with Gasteiger partial charge in [0.25, 0.3) is 5.91 Å². The second kappa shape index (κ2) is 11.4. The number of amides is 3. The van der Waals surface area contributed by atoms with Crippen LogP contribution in [0.3, 0.4) is 0 Å². The van der Waals surface area contributed by atoms with Gasteiger partial charge in [-0.25, -0.2) is 0 Å². The first-order valence-electron chi connectivity index (χ1n) is 12.3. The van der Waals surface area contributed by atoms with Crippen LogP contribution >= 0.6 is 0 Å². The maximum Gasteiger partial charge on any atom is 0.257 e. The SMILES string of the molecule is CCCC(=O)Nc1ccc2c(c1)C(=O)N(C)[C@H]1CC[C@H](CC(=O)Nc3ccccc3OC)O[C@@H]1CO2. The Hall–Kier alpha value is -3.59. The van der Waals surface area contributed by atoms with Crippen LogP contribution in [0.1, 0.15) is 49.4 Å². The number of carbonyl (C=O) groups excluding carboxylic acids is 3. The van der Waals surface area contributed by atoms with E-state index in [4.69, 9.17) is 14.2 Å². The summed E-state index contributed by atoms with van der Waals surface area (Å²) in [7, 11) is 3.32. The van der Waals surface area contributed by atoms with Gasteiger partial charge in [-0.1, -0.05) is 19.1 Å². The zero-order valence-electron chi connectivity index (χ0n) is 20.9. The van der Waals surface area contributed by atoms with Crippen molar-refractivity contribution in [3.05, 3.63) is 48.0 Å². The summed E-state index contributed by atoms with van der Waals surface area (Å²) in [6, 6.07) is 12.2. The Morgan fingerprint density at radius 3 is 2.69 bits per heavy atom. The largest absolute Gasteiger partial charge is 0.495 e. The summed E-state index contributed by atoms with van der Waals surface area (Å²) in [4.78, 5) is 39.7. The van der Waals surface area contributed by atoms with E-state index >= 15 is 0 Å². The topological polar surface area (TPSA) is 106 Å². The van der Waals surface area contributed by atoms with Crippen molar-refractivity contribution in [3.8, 4) is 11.5 Å². The van der Waals surface area contributed by atoms with Crippen molar-refractivity contribution in [3.63, 3.8) is 0 Å². The van der Waals surface area contributed by atoms with Gasteiger partial charge in [0.15, 0.2) is 0 Å². The Morgan fingerprint density at radius 2 is 1.92 bits per heavy atom. The van der Waals surface area contributed by atoms with Gasteiger partial charge < -0.3 is 29.7 Å². The molecule has 4 rings (SSSR count). The van der Waals surface area contributed by atoms with Crippen molar-refractivity contribution in [2.75, 3.05) is 31.4 Å². The number of carbonyl (C=O) groups is 3. The van der Waals surface area contributed by atoms with Gasteiger partial charge in [0.05, 0.1) is 36.9 Å². The molecule has 2 heterocycles. The minimum atomic E-state index is -0.367. The molecule has 2 aromatic carbocycles. The van der Waals surface area contributed by atoms with Crippen LogP contribution in [0.4, 0.5) is 11.4 Å². The van der Waals surface area contributed by atoms with Gasteiger partial charge in [-0.3, -0.25) is 14.4 Å². The van der Waals surface area contributed by atoms with Crippen LogP contribution in [-0.4, -0.2) is 61.6 Å². The first kappa shape index (κ1) is 25.5. The van der Waals surface area contributed by atoms with Crippen molar-refractivity contribution >= 4 is 29.1 Å². The molecule has 2 aromatic rings. The summed E-state index contributed by atoms with van der Waals surface area (Å²) < 4.78 is 17.6. The Bertz CT molecular complexity index is 1120. The van der Waals surface area contributed by atoms with E-state index in [-0.39, 0.29) is 49.0 Å². The number of hydrogen-bond acceptors (Lipinski definition) is 6. The number of nitrogens with one attached hydrogen (secondary N) is 2. The Kier molecular flexibility index (Phi) is 8.10. The molecule has 0 radical (unpaired) electrons. The van der Waals surface area contributed by atoms with E-state index in [2.05, 4.69) is 10.6 Å². The first-order valence-corrected chi connectivity index (χ1v) is 12.3. The normalized spacial score (nSPS) is 21.2. The van der Waals surface area contributed by atoms with Crippen LogP contribution in [0.25, 0.3) is 0 Å². The molecule has 3 atom stereocenters. The number of hydrogen-bond donors (Lipinski definition) is 2. The summed E-state index contributed by atoms with van der Waals surface area (Å²) in [5.74, 6) is 0.588. The van der Waals surface area contributed by atoms with Gasteiger partial charge in [-0.05, 0) is 49.6 Å². The molecule has 0 aromatic heterocycles. The van der Waals surface area contributed by atoms with Crippen LogP contribution in [0.5, 0.6) is 11.5 Å². The summed E-state index contributed by atoms with van der Waals surface area (Å²) >= 11 is 0. The fourth-order valence-electron chi connectivity index (χ4n) is 4.71. The number of methoxy groups -OCH3 is 1. The molecule has 9 nitrogen and oxygen atoms in total. The van der Waals surface area contributed by atoms with Crippen molar-refractivity contribution in [1.82, 2.24) is 4.90 Å². The molecule has 0 spiro atoms. The van der Waals surface area contributed by atoms with E-state index in [1.165, 1.54) is 0 Å². The van der Waals surface area contributed by atoms with Crippen LogP contribution in [-0.2, 0) is 14.3 Å². The lowest BCUT2D eigenvalue weighted by Gasteiger charge is -2.42. The van der Waals surface area contributed by atoms with Gasteiger partial charge in [-0.15, -0.1) is 0 Å². The van der Waals surface area contributed by atoms with Crippen LogP contribution in [0.15, 0.2) is 42.5 Å². The molecule has 1 saturated heterocycles. The fourth-order valence-corrected chi connectivity index (χ4v) is 4.71. The summed E-state index contributed by atoms with van der Waals surface area (Å²) in [6.45, 7) is 2.19. The van der Waals surface area contributed by atoms with E-state index < -0.39 is 0 Å². The summed E-state index contributed by atoms with van der Waals surface area (Å²) in [6.07, 6.45) is 2.02. The third-order valence-corrected chi connectivity index (χ3v) is 6.57. The Labute approximate surface area is 211 Å². The number of para-hydroxylation sites is 2. The van der Waals surface area contributed by atoms with Crippen molar-refractivity contribution in [2.24, 2.45) is 0 Å². The van der Waals surface area contributed by atoms with Crippen molar-refractivity contribution < 1.29 is 28.6 Å². The minimum absolute atomic E-state index is 0.0912. The molecule has 36 heavy (non-hydrogen) atoms. The molecule has 3 amide bonds. The zero-order chi connectivity index (χ0) is 25.7. The number of rotatable bonds is 7. The molecule has 9 heteroatoms. The predicted molar refractivity (Wildman–Crippen MR) is 135 cm³/mol. The lowest BCUT2D eigenvalue weighted by molar-refractivity contribution is -0.130. The molecular weight excluding hydrogens is 462 g/mol. The Morgan fingerprint density at radius 1 is 1.11 bits per heavy atom. The number of nitrogens with zero attached hydrogens (tertiary/aromatic N) is 1. The molecular formula is C27H33N3O6. The van der Waals surface area contributed by atoms with Crippen LogP contribution in [0, 0.1) is 0 Å². The highest BCUT2D eigenvalue weighted by Gasteiger charge is 2.39. The quantitative estimate of drug-likeness (QED) is 0.605. The summed E-state index contributed by atoms with van der Waals surface area (Å²) in [5.41, 5.74) is 1.58. The number of fused-ring (bicyclic) bond motifs is 2. The second-order valence-electron chi connectivity index (χ2n) is 9.13. The molecule has 2 aliphatic rings. The van der Waals surface area contributed by atoms with E-state index in [1.54, 1.807) is 49.4 Å². The molecule has 0 bridgehead atoms. The fraction of sp³-hybridized carbons (Fsp3) is 0.444. The lowest BCUT2D eigenvalue weighted by atomic mass is 9.94. The van der Waals surface area contributed by atoms with Gasteiger partial charge >= 0.3 is 0 Å². The standard InChI is InChI=1S/C27H33N3O6/c1-4-7-25(31)28-17-10-13-22-19(14-17)27(33)30(2)21-12-11-18(36-24(21)16-35-22)15-26(32)29-20-8-5-6-9-23(20)34-3/h5-6,8-10,13-14,18,21,24H,4,7,11-12,15-16H2,1-3H3,(H,28,31)(H,29,32)/t18-,21+,24-/m1/s1. The molecule has 2 N–H and O–H groups in total. The van der Waals surface area contributed by atoms with Gasteiger partial charge in [0.2, 0.25) is 11.8 Å². The highest BCUT2D eigenvalue weighted by Crippen LogP contribution is 2.33. The van der Waals surface area contributed by atoms with Gasteiger partial charge in [0, 0.05) is 19.2 Å². The van der Waals surface area contributed by atoms with E-state index in [1.807, 2.05) is 19.1 Å². The third-order valence-electron chi connectivity index (χ3n) is 6.57. The predicted octanol–water partition coefficient (Wildman–Crippen LogP) is 3.84. The maximum absolute atomic E-state index is 13.3. The molecule has 0 saturated carbocycles. The maximum atomic E-state index is 13.3. The molecule has 0 unspecified atom stereocenters. The molecule has 2 aliphatic heterocycles. The zero-order valence-corrected chi connectivity index (χ0v) is 20.9. The smallest absolute Gasteiger partial charge is 0.257 e. The number of likely N-dealkylation sites (N-methyl/N-ethyl adjacent to an activating group) is 1. The average molecular weight is 496 g/mol.